The molecule has 0 unspecified atom stereocenters. The average Bonchev–Trinajstić information content (AvgIpc) is 3.25. The van der Waals surface area contributed by atoms with Gasteiger partial charge in [0.05, 0.1) is 17.7 Å². The Morgan fingerprint density at radius 2 is 2.00 bits per heavy atom. The largest absolute Gasteiger partial charge is 0.417 e. The minimum Gasteiger partial charge on any atom is -0.361 e. The number of anilines is 1. The Bertz CT molecular complexity index is 1200. The number of pyridine rings is 1. The topological polar surface area (TPSA) is 85.3 Å². The lowest BCUT2D eigenvalue weighted by Gasteiger charge is -2.12. The molecule has 1 amide bonds. The van der Waals surface area contributed by atoms with Crippen molar-refractivity contribution in [2.75, 3.05) is 5.32 Å². The summed E-state index contributed by atoms with van der Waals surface area (Å²) in [7, 11) is 0. The van der Waals surface area contributed by atoms with Gasteiger partial charge in [-0.05, 0) is 30.7 Å². The Balaban J connectivity index is 1.59. The molecule has 0 atom stereocenters. The van der Waals surface area contributed by atoms with Crippen LogP contribution in [0.1, 0.15) is 17.0 Å². The van der Waals surface area contributed by atoms with Crippen LogP contribution >= 0.6 is 0 Å². The molecule has 4 rings (SSSR count). The zero-order valence-electron chi connectivity index (χ0n) is 15.1. The number of benzene rings is 1. The fourth-order valence-corrected chi connectivity index (χ4v) is 2.90. The second kappa shape index (κ2) is 7.04. The molecule has 0 saturated carbocycles. The Hall–Kier alpha value is -3.69. The van der Waals surface area contributed by atoms with Gasteiger partial charge in [0, 0.05) is 17.8 Å². The van der Waals surface area contributed by atoms with E-state index in [4.69, 9.17) is 4.52 Å². The van der Waals surface area contributed by atoms with Crippen LogP contribution in [-0.2, 0) is 17.4 Å². The molecule has 0 saturated heterocycles. The molecule has 0 aliphatic rings. The number of alkyl halides is 3. The molecule has 7 nitrogen and oxygen atoms in total. The number of nitrogens with zero attached hydrogens (tertiary/aromatic N) is 4. The van der Waals surface area contributed by atoms with Crippen molar-refractivity contribution in [3.63, 3.8) is 0 Å². The van der Waals surface area contributed by atoms with Crippen molar-refractivity contribution in [2.24, 2.45) is 0 Å². The van der Waals surface area contributed by atoms with Crippen molar-refractivity contribution >= 4 is 17.5 Å². The number of amides is 1. The van der Waals surface area contributed by atoms with Crippen molar-refractivity contribution in [1.82, 2.24) is 19.8 Å². The maximum atomic E-state index is 13.3. The molecule has 0 aliphatic heterocycles. The van der Waals surface area contributed by atoms with E-state index in [1.54, 1.807) is 13.0 Å². The van der Waals surface area contributed by atoms with Gasteiger partial charge in [0.15, 0.2) is 5.65 Å². The number of carbonyl (C=O) groups is 1. The number of carbonyl (C=O) groups excluding carboxylic acids is 1. The first-order chi connectivity index (χ1) is 13.8. The van der Waals surface area contributed by atoms with Crippen LogP contribution in [0.3, 0.4) is 0 Å². The molecule has 29 heavy (non-hydrogen) atoms. The fourth-order valence-electron chi connectivity index (χ4n) is 2.90. The second-order valence-corrected chi connectivity index (χ2v) is 6.36. The number of hydrogen-bond acceptors (Lipinski definition) is 5. The summed E-state index contributed by atoms with van der Waals surface area (Å²) >= 11 is 0. The second-order valence-electron chi connectivity index (χ2n) is 6.36. The average molecular weight is 401 g/mol. The first-order valence-corrected chi connectivity index (χ1v) is 8.55. The summed E-state index contributed by atoms with van der Waals surface area (Å²) in [6, 6.07) is 9.99. The molecule has 148 valence electrons. The molecule has 0 spiro atoms. The van der Waals surface area contributed by atoms with Crippen molar-refractivity contribution in [3.05, 3.63) is 65.7 Å². The number of aromatic nitrogens is 4. The zero-order valence-corrected chi connectivity index (χ0v) is 15.1. The monoisotopic (exact) mass is 401 g/mol. The Morgan fingerprint density at radius 3 is 2.72 bits per heavy atom. The molecule has 3 aromatic heterocycles. The first kappa shape index (κ1) is 18.7. The molecule has 0 bridgehead atoms. The highest BCUT2D eigenvalue weighted by atomic mass is 19.4. The summed E-state index contributed by atoms with van der Waals surface area (Å²) in [6.45, 7) is 1.74. The normalized spacial score (nSPS) is 11.7. The van der Waals surface area contributed by atoms with Gasteiger partial charge < -0.3 is 4.52 Å². The molecule has 4 aromatic rings. The van der Waals surface area contributed by atoms with Crippen LogP contribution in [0, 0.1) is 6.92 Å². The molecular weight excluding hydrogens is 387 g/mol. The van der Waals surface area contributed by atoms with Crippen molar-refractivity contribution in [3.8, 4) is 11.1 Å². The number of aryl methyl sites for hydroxylation is 1. The van der Waals surface area contributed by atoms with E-state index in [0.29, 0.717) is 22.7 Å². The van der Waals surface area contributed by atoms with Gasteiger partial charge in [-0.1, -0.05) is 23.4 Å². The van der Waals surface area contributed by atoms with Gasteiger partial charge in [-0.25, -0.2) is 4.52 Å². The minimum absolute atomic E-state index is 0.0312. The maximum Gasteiger partial charge on any atom is 0.417 e. The van der Waals surface area contributed by atoms with E-state index < -0.39 is 17.6 Å². The number of fused-ring (bicyclic) bond motifs is 1. The van der Waals surface area contributed by atoms with Crippen LogP contribution in [0.2, 0.25) is 0 Å². The van der Waals surface area contributed by atoms with E-state index in [-0.39, 0.29) is 17.9 Å². The first-order valence-electron chi connectivity index (χ1n) is 8.55. The number of nitrogens with one attached hydrogen (secondary N) is 1. The van der Waals surface area contributed by atoms with E-state index in [0.717, 1.165) is 6.07 Å². The van der Waals surface area contributed by atoms with Gasteiger partial charge in [-0.2, -0.15) is 18.2 Å². The van der Waals surface area contributed by atoms with Crippen molar-refractivity contribution in [1.29, 1.82) is 0 Å². The molecule has 3 heterocycles. The van der Waals surface area contributed by atoms with Crippen LogP contribution in [0.15, 0.2) is 53.2 Å². The standard InChI is InChI=1S/C19H14F3N5O2/c1-11-8-13(29-26-11)9-17(28)24-18-23-16-7-6-12(10-27(16)25-18)14-4-2-3-5-15(14)19(20,21)22/h2-8,10H,9H2,1H3,(H,24,25,28). The lowest BCUT2D eigenvalue weighted by Crippen LogP contribution is -2.15. The van der Waals surface area contributed by atoms with Crippen LogP contribution in [0.25, 0.3) is 16.8 Å². The molecule has 1 aromatic carbocycles. The number of hydrogen-bond donors (Lipinski definition) is 1. The highest BCUT2D eigenvalue weighted by Crippen LogP contribution is 2.36. The Kier molecular flexibility index (Phi) is 4.53. The highest BCUT2D eigenvalue weighted by molar-refractivity contribution is 5.90. The van der Waals surface area contributed by atoms with Gasteiger partial charge in [-0.15, -0.1) is 5.10 Å². The summed E-state index contributed by atoms with van der Waals surface area (Å²) in [5.74, 6) is 0.0296. The van der Waals surface area contributed by atoms with Gasteiger partial charge >= 0.3 is 6.18 Å². The third kappa shape index (κ3) is 3.96. The fraction of sp³-hybridized carbons (Fsp3) is 0.158. The smallest absolute Gasteiger partial charge is 0.361 e. The molecule has 10 heteroatoms. The summed E-state index contributed by atoms with van der Waals surface area (Å²) in [5.41, 5.74) is 0.652. The lowest BCUT2D eigenvalue weighted by molar-refractivity contribution is -0.137. The Labute approximate surface area is 162 Å². The van der Waals surface area contributed by atoms with E-state index >= 15 is 0 Å². The van der Waals surface area contributed by atoms with Gasteiger partial charge in [0.2, 0.25) is 11.9 Å². The highest BCUT2D eigenvalue weighted by Gasteiger charge is 2.33. The molecular formula is C19H14F3N5O2. The van der Waals surface area contributed by atoms with Crippen molar-refractivity contribution < 1.29 is 22.5 Å². The van der Waals surface area contributed by atoms with E-state index in [1.807, 2.05) is 0 Å². The van der Waals surface area contributed by atoms with E-state index in [1.165, 1.54) is 41.0 Å². The zero-order chi connectivity index (χ0) is 20.6. The van der Waals surface area contributed by atoms with Crippen LogP contribution in [-0.4, -0.2) is 25.7 Å². The minimum atomic E-state index is -4.48. The van der Waals surface area contributed by atoms with Gasteiger partial charge in [0.1, 0.15) is 5.76 Å². The molecule has 0 fully saturated rings. The lowest BCUT2D eigenvalue weighted by atomic mass is 10.0. The summed E-state index contributed by atoms with van der Waals surface area (Å²) in [6.07, 6.45) is -3.09. The van der Waals surface area contributed by atoms with Crippen LogP contribution < -0.4 is 5.32 Å². The molecule has 0 aliphatic carbocycles. The third-order valence-corrected chi connectivity index (χ3v) is 4.14. The van der Waals surface area contributed by atoms with Crippen molar-refractivity contribution in [2.45, 2.75) is 19.5 Å². The van der Waals surface area contributed by atoms with Crippen LogP contribution in [0.4, 0.5) is 19.1 Å². The SMILES string of the molecule is Cc1cc(CC(=O)Nc2nc3ccc(-c4ccccc4C(F)(F)F)cn3n2)on1. The quantitative estimate of drug-likeness (QED) is 0.561. The van der Waals surface area contributed by atoms with E-state index in [9.17, 15) is 18.0 Å². The summed E-state index contributed by atoms with van der Waals surface area (Å²) in [4.78, 5) is 16.3. The predicted octanol–water partition coefficient (Wildman–Crippen LogP) is 3.89. The predicted molar refractivity (Wildman–Crippen MR) is 97.0 cm³/mol. The number of halogens is 3. The summed E-state index contributed by atoms with van der Waals surface area (Å²) in [5, 5.41) is 10.4. The third-order valence-electron chi connectivity index (χ3n) is 4.14. The molecule has 1 N–H and O–H groups in total. The maximum absolute atomic E-state index is 13.3. The van der Waals surface area contributed by atoms with Gasteiger partial charge in [-0.3, -0.25) is 10.1 Å². The van der Waals surface area contributed by atoms with Crippen LogP contribution in [0.5, 0.6) is 0 Å². The Morgan fingerprint density at radius 1 is 1.21 bits per heavy atom. The number of rotatable bonds is 4. The van der Waals surface area contributed by atoms with E-state index in [2.05, 4.69) is 20.6 Å². The van der Waals surface area contributed by atoms with Gasteiger partial charge in [0.25, 0.3) is 0 Å². The summed E-state index contributed by atoms with van der Waals surface area (Å²) < 4.78 is 46.1. The molecule has 0 radical (unpaired) electrons.